The molecule has 59 heavy (non-hydrogen) atoms. The van der Waals surface area contributed by atoms with E-state index in [4.69, 9.17) is 0 Å². The molecule has 1 N–H and O–H groups in total. The molecule has 0 saturated carbocycles. The van der Waals surface area contributed by atoms with Crippen LogP contribution in [-0.4, -0.2) is 10.3 Å². The second-order valence-electron chi connectivity index (χ2n) is 15.3. The van der Waals surface area contributed by atoms with Gasteiger partial charge < -0.3 is 4.57 Å². The number of nitrogens with zero attached hydrogens (tertiary/aromatic N) is 1. The van der Waals surface area contributed by atoms with Crippen molar-refractivity contribution in [2.24, 2.45) is 0 Å². The van der Waals surface area contributed by atoms with Crippen LogP contribution in [0.15, 0.2) is 213 Å². The molecule has 0 atom stereocenters. The second kappa shape index (κ2) is 14.0. The van der Waals surface area contributed by atoms with E-state index in [1.807, 2.05) is 42.5 Å². The molecule has 2 heteroatoms. The molecule has 1 heterocycles. The van der Waals surface area contributed by atoms with Crippen LogP contribution in [-0.2, 0) is 0 Å². The minimum Gasteiger partial charge on any atom is -0.309 e. The average Bonchev–Trinajstić information content (AvgIpc) is 3.64. The van der Waals surface area contributed by atoms with Crippen LogP contribution in [0.2, 0.25) is 0 Å². The van der Waals surface area contributed by atoms with Crippen molar-refractivity contribution < 1.29 is 0 Å². The number of fused-ring (bicyclic) bond motifs is 5. The highest BCUT2D eigenvalue weighted by Crippen LogP contribution is 2.46. The van der Waals surface area contributed by atoms with Crippen LogP contribution >= 0.6 is 0 Å². The molecule has 10 aromatic carbocycles. The lowest BCUT2D eigenvalue weighted by atomic mass is 9.84. The van der Waals surface area contributed by atoms with Crippen molar-refractivity contribution in [2.45, 2.75) is 0 Å². The summed E-state index contributed by atoms with van der Waals surface area (Å²) >= 11 is 0. The summed E-state index contributed by atoms with van der Waals surface area (Å²) in [6, 6.07) is 74.0. The summed E-state index contributed by atoms with van der Waals surface area (Å²) in [6.07, 6.45) is 1.89. The molecule has 0 aliphatic heterocycles. The highest BCUT2D eigenvalue weighted by atomic mass is 15.0. The van der Waals surface area contributed by atoms with Gasteiger partial charge in [-0.15, -0.1) is 0 Å². The second-order valence-corrected chi connectivity index (χ2v) is 15.3. The third-order valence-corrected chi connectivity index (χ3v) is 12.0. The molecule has 0 aliphatic carbocycles. The normalized spacial score (nSPS) is 11.5. The number of benzene rings is 10. The summed E-state index contributed by atoms with van der Waals surface area (Å²) in [7, 11) is 0. The van der Waals surface area contributed by atoms with E-state index in [1.165, 1.54) is 65.3 Å². The Kier molecular flexibility index (Phi) is 8.16. The number of hydrogen-bond acceptors (Lipinski definition) is 1. The SMILES string of the molecule is C=Cc1c(C(=N)c2ccccc2)c2cc(-c3ccc4c(-c5ccc6ccccc6c5)c5ccccc5c(-c5ccc6ccccc6c5)c4c3)ccc2n1-c1ccccc1. The predicted molar refractivity (Wildman–Crippen MR) is 252 cm³/mol. The predicted octanol–water partition coefficient (Wildman–Crippen LogP) is 15.3. The monoisotopic (exact) mass is 750 g/mol. The van der Waals surface area contributed by atoms with E-state index in [9.17, 15) is 5.41 Å². The summed E-state index contributed by atoms with van der Waals surface area (Å²) in [6.45, 7) is 4.28. The zero-order chi connectivity index (χ0) is 39.5. The minimum atomic E-state index is 0.473. The lowest BCUT2D eigenvalue weighted by Crippen LogP contribution is -2.04. The maximum absolute atomic E-state index is 9.61. The number of hydrogen-bond donors (Lipinski definition) is 1. The maximum Gasteiger partial charge on any atom is 0.0712 e. The summed E-state index contributed by atoms with van der Waals surface area (Å²) in [5, 5.41) is 20.4. The van der Waals surface area contributed by atoms with Gasteiger partial charge in [-0.2, -0.15) is 0 Å². The third-order valence-electron chi connectivity index (χ3n) is 12.0. The summed E-state index contributed by atoms with van der Waals surface area (Å²) < 4.78 is 2.24. The van der Waals surface area contributed by atoms with Gasteiger partial charge in [0.25, 0.3) is 0 Å². The molecular weight excluding hydrogens is 713 g/mol. The van der Waals surface area contributed by atoms with Crippen molar-refractivity contribution >= 4 is 65.8 Å². The molecule has 0 amide bonds. The van der Waals surface area contributed by atoms with Crippen molar-refractivity contribution in [1.82, 2.24) is 4.57 Å². The first-order valence-electron chi connectivity index (χ1n) is 20.1. The lowest BCUT2D eigenvalue weighted by Gasteiger charge is -2.19. The van der Waals surface area contributed by atoms with Crippen LogP contribution < -0.4 is 0 Å². The van der Waals surface area contributed by atoms with E-state index in [-0.39, 0.29) is 0 Å². The van der Waals surface area contributed by atoms with Crippen LogP contribution in [0.25, 0.3) is 99.1 Å². The zero-order valence-electron chi connectivity index (χ0n) is 32.4. The van der Waals surface area contributed by atoms with E-state index >= 15 is 0 Å². The molecule has 0 unspecified atom stereocenters. The molecule has 11 rings (SSSR count). The topological polar surface area (TPSA) is 28.8 Å². The van der Waals surface area contributed by atoms with Gasteiger partial charge in [-0.1, -0.05) is 170 Å². The van der Waals surface area contributed by atoms with Gasteiger partial charge in [-0.05, 0) is 125 Å². The van der Waals surface area contributed by atoms with Gasteiger partial charge in [0.1, 0.15) is 0 Å². The van der Waals surface area contributed by atoms with E-state index in [1.54, 1.807) is 0 Å². The fourth-order valence-electron chi connectivity index (χ4n) is 9.22. The number of para-hydroxylation sites is 1. The highest BCUT2D eigenvalue weighted by Gasteiger charge is 2.23. The van der Waals surface area contributed by atoms with E-state index in [2.05, 4.69) is 181 Å². The van der Waals surface area contributed by atoms with E-state index in [0.717, 1.165) is 44.5 Å². The summed E-state index contributed by atoms with van der Waals surface area (Å²) in [4.78, 5) is 0. The van der Waals surface area contributed by atoms with Crippen LogP contribution in [0.4, 0.5) is 0 Å². The molecule has 0 radical (unpaired) electrons. The minimum absolute atomic E-state index is 0.473. The first-order chi connectivity index (χ1) is 29.1. The Morgan fingerprint density at radius 1 is 0.407 bits per heavy atom. The Labute approximate surface area is 343 Å². The number of rotatable bonds is 7. The Morgan fingerprint density at radius 2 is 0.881 bits per heavy atom. The van der Waals surface area contributed by atoms with Crippen LogP contribution in [0, 0.1) is 5.41 Å². The van der Waals surface area contributed by atoms with Gasteiger partial charge >= 0.3 is 0 Å². The fraction of sp³-hybridized carbons (Fsp3) is 0. The molecular formula is C57H38N2. The molecule has 1 aromatic heterocycles. The third kappa shape index (κ3) is 5.68. The standard InChI is InChI=1S/C57H38N2/c1-2-52-56(57(58)39-17-5-3-6-18-39)51-36-43(30-32-53(51)59(52)46-21-7-4-8-22-46)42-29-31-49-50(35-42)55(45-28-26-38-16-10-12-20-41(38)34-45)48-24-14-13-23-47(48)54(49)44-27-25-37-15-9-11-19-40(37)33-44/h2-36,58H,1H2. The zero-order valence-corrected chi connectivity index (χ0v) is 32.4. The molecule has 11 aromatic rings. The van der Waals surface area contributed by atoms with Gasteiger partial charge in [-0.25, -0.2) is 0 Å². The molecule has 2 nitrogen and oxygen atoms in total. The molecule has 276 valence electrons. The smallest absolute Gasteiger partial charge is 0.0712 e. The van der Waals surface area contributed by atoms with Crippen molar-refractivity contribution in [1.29, 1.82) is 5.41 Å². The molecule has 0 spiro atoms. The van der Waals surface area contributed by atoms with Crippen molar-refractivity contribution in [3.63, 3.8) is 0 Å². The average molecular weight is 751 g/mol. The largest absolute Gasteiger partial charge is 0.309 e. The Morgan fingerprint density at radius 3 is 1.49 bits per heavy atom. The Balaban J connectivity index is 1.20. The molecule has 0 saturated heterocycles. The van der Waals surface area contributed by atoms with Crippen LogP contribution in [0.5, 0.6) is 0 Å². The first kappa shape index (κ1) is 34.4. The van der Waals surface area contributed by atoms with E-state index in [0.29, 0.717) is 5.71 Å². The van der Waals surface area contributed by atoms with Gasteiger partial charge in [0.15, 0.2) is 0 Å². The van der Waals surface area contributed by atoms with Crippen molar-refractivity contribution in [3.8, 4) is 39.1 Å². The highest BCUT2D eigenvalue weighted by molar-refractivity contribution is 6.23. The molecule has 0 fully saturated rings. The van der Waals surface area contributed by atoms with Crippen molar-refractivity contribution in [2.75, 3.05) is 0 Å². The first-order valence-corrected chi connectivity index (χ1v) is 20.1. The van der Waals surface area contributed by atoms with Crippen LogP contribution in [0.3, 0.4) is 0 Å². The van der Waals surface area contributed by atoms with Crippen molar-refractivity contribution in [3.05, 3.63) is 230 Å². The molecule has 0 aliphatic rings. The van der Waals surface area contributed by atoms with E-state index < -0.39 is 0 Å². The van der Waals surface area contributed by atoms with Gasteiger partial charge in [-0.3, -0.25) is 5.41 Å². The molecule has 0 bridgehead atoms. The number of aromatic nitrogens is 1. The summed E-state index contributed by atoms with van der Waals surface area (Å²) in [5.41, 5.74) is 12.2. The van der Waals surface area contributed by atoms with Gasteiger partial charge in [0, 0.05) is 22.2 Å². The fourth-order valence-corrected chi connectivity index (χ4v) is 9.22. The van der Waals surface area contributed by atoms with Gasteiger partial charge in [0.2, 0.25) is 0 Å². The Hall–Kier alpha value is -7.81. The summed E-state index contributed by atoms with van der Waals surface area (Å²) in [5.74, 6) is 0. The quantitative estimate of drug-likeness (QED) is 0.124. The van der Waals surface area contributed by atoms with Crippen LogP contribution in [0.1, 0.15) is 16.8 Å². The number of nitrogens with one attached hydrogen (secondary N) is 1. The maximum atomic E-state index is 9.61. The lowest BCUT2D eigenvalue weighted by molar-refractivity contribution is 1.10. The Bertz CT molecular complexity index is 3460. The van der Waals surface area contributed by atoms with Gasteiger partial charge in [0.05, 0.1) is 16.9 Å².